The summed E-state index contributed by atoms with van der Waals surface area (Å²) in [5.74, 6) is 0. The molecule has 1 aliphatic carbocycles. The zero-order valence-corrected chi connectivity index (χ0v) is 34.5. The molecule has 0 spiro atoms. The first-order valence-electron chi connectivity index (χ1n) is 21.7. The van der Waals surface area contributed by atoms with E-state index in [9.17, 15) is 0 Å². The van der Waals surface area contributed by atoms with E-state index in [1.165, 1.54) is 50.1 Å². The Balaban J connectivity index is 0.888. The van der Waals surface area contributed by atoms with E-state index in [0.717, 1.165) is 55.7 Å². The third kappa shape index (κ3) is 6.02. The summed E-state index contributed by atoms with van der Waals surface area (Å²) >= 11 is 0. The molecule has 1 heterocycles. The molecule has 11 aromatic rings. The van der Waals surface area contributed by atoms with Gasteiger partial charge in [-0.25, -0.2) is 0 Å². The minimum Gasteiger partial charge on any atom is -0.456 e. The molecule has 63 heavy (non-hydrogen) atoms. The molecule has 296 valence electrons. The predicted molar refractivity (Wildman–Crippen MR) is 262 cm³/mol. The van der Waals surface area contributed by atoms with Gasteiger partial charge in [-0.2, -0.15) is 0 Å². The number of para-hydroxylation sites is 2. The molecule has 0 radical (unpaired) electrons. The number of anilines is 3. The van der Waals surface area contributed by atoms with Crippen molar-refractivity contribution < 1.29 is 4.42 Å². The van der Waals surface area contributed by atoms with Crippen LogP contribution in [0.5, 0.6) is 0 Å². The van der Waals surface area contributed by atoms with Crippen LogP contribution >= 0.6 is 0 Å². The van der Waals surface area contributed by atoms with E-state index in [-0.39, 0.29) is 0 Å². The highest BCUT2D eigenvalue weighted by atomic mass is 16.3. The molecule has 10 aromatic carbocycles. The van der Waals surface area contributed by atoms with Crippen LogP contribution in [0, 0.1) is 0 Å². The van der Waals surface area contributed by atoms with Gasteiger partial charge in [0.25, 0.3) is 0 Å². The highest BCUT2D eigenvalue weighted by Crippen LogP contribution is 2.56. The molecule has 1 aromatic heterocycles. The lowest BCUT2D eigenvalue weighted by atomic mass is 9.67. The van der Waals surface area contributed by atoms with E-state index in [4.69, 9.17) is 4.42 Å². The van der Waals surface area contributed by atoms with Crippen molar-refractivity contribution in [2.75, 3.05) is 4.90 Å². The first-order valence-corrected chi connectivity index (χ1v) is 21.7. The smallest absolute Gasteiger partial charge is 0.136 e. The minimum atomic E-state index is -0.401. The molecule has 1 aliphatic rings. The molecule has 0 saturated heterocycles. The molecule has 0 atom stereocenters. The predicted octanol–water partition coefficient (Wildman–Crippen LogP) is 16.4. The summed E-state index contributed by atoms with van der Waals surface area (Å²) in [7, 11) is 0. The zero-order chi connectivity index (χ0) is 41.7. The molecule has 0 saturated carbocycles. The van der Waals surface area contributed by atoms with Crippen molar-refractivity contribution >= 4 is 39.0 Å². The molecule has 0 fully saturated rings. The van der Waals surface area contributed by atoms with Crippen molar-refractivity contribution in [1.82, 2.24) is 0 Å². The lowest BCUT2D eigenvalue weighted by Crippen LogP contribution is -2.28. The van der Waals surface area contributed by atoms with Crippen molar-refractivity contribution in [3.63, 3.8) is 0 Å². The highest BCUT2D eigenvalue weighted by Gasteiger charge is 2.45. The molecule has 0 aliphatic heterocycles. The summed E-state index contributed by atoms with van der Waals surface area (Å²) < 4.78 is 6.22. The SMILES string of the molecule is c1ccc(N(c2ccc(-c3cccc4oc5ccccc5c34)cc2)c2cccc(-c3ccc(-c4ccc5c(c4)-c4ccccc4C5(c4ccccc4)c4ccccc4)cc3)c2)cc1. The first-order chi connectivity index (χ1) is 31.2. The molecular formula is C61H41NO. The summed E-state index contributed by atoms with van der Waals surface area (Å²) in [6, 6.07) is 90.1. The molecule has 0 N–H and O–H groups in total. The van der Waals surface area contributed by atoms with Crippen LogP contribution in [0.4, 0.5) is 17.1 Å². The maximum atomic E-state index is 6.22. The molecule has 2 nitrogen and oxygen atoms in total. The van der Waals surface area contributed by atoms with Crippen LogP contribution in [0.2, 0.25) is 0 Å². The van der Waals surface area contributed by atoms with E-state index in [0.29, 0.717) is 0 Å². The average molecular weight is 804 g/mol. The standard InChI is InChI=1S/C61H41NO/c1-4-17-47(18-5-1)61(48-19-6-2-7-20-48)56-27-12-10-24-53(56)55-41-46(36-39-57(55)61)43-32-30-42(31-33-43)45-16-14-23-51(40-45)62(49-21-8-3-9-22-49)50-37-34-44(35-38-50)52-26-15-29-59-60(52)54-25-11-13-28-58(54)63-59/h1-41H. The number of fused-ring (bicyclic) bond motifs is 6. The average Bonchev–Trinajstić information content (AvgIpc) is 3.89. The zero-order valence-electron chi connectivity index (χ0n) is 34.5. The third-order valence-corrected chi connectivity index (χ3v) is 13.0. The fraction of sp³-hybridized carbons (Fsp3) is 0.0164. The second-order valence-electron chi connectivity index (χ2n) is 16.4. The topological polar surface area (TPSA) is 16.4 Å². The lowest BCUT2D eigenvalue weighted by molar-refractivity contribution is 0.669. The Hall–Kier alpha value is -8.20. The number of rotatable bonds is 8. The number of hydrogen-bond acceptors (Lipinski definition) is 2. The maximum Gasteiger partial charge on any atom is 0.136 e. The van der Waals surface area contributed by atoms with Crippen LogP contribution in [0.3, 0.4) is 0 Å². The van der Waals surface area contributed by atoms with Crippen molar-refractivity contribution in [2.45, 2.75) is 5.41 Å². The summed E-state index contributed by atoms with van der Waals surface area (Å²) in [6.45, 7) is 0. The van der Waals surface area contributed by atoms with Gasteiger partial charge in [0, 0.05) is 27.8 Å². The number of nitrogens with zero attached hydrogens (tertiary/aromatic N) is 1. The van der Waals surface area contributed by atoms with Crippen LogP contribution < -0.4 is 4.90 Å². The van der Waals surface area contributed by atoms with Gasteiger partial charge in [-0.3, -0.25) is 0 Å². The Morgan fingerprint density at radius 2 is 0.810 bits per heavy atom. The minimum absolute atomic E-state index is 0.401. The molecular weight excluding hydrogens is 763 g/mol. The second kappa shape index (κ2) is 15.1. The summed E-state index contributed by atoms with van der Waals surface area (Å²) in [4.78, 5) is 2.34. The highest BCUT2D eigenvalue weighted by molar-refractivity contribution is 6.12. The van der Waals surface area contributed by atoms with Crippen molar-refractivity contribution in [1.29, 1.82) is 0 Å². The molecule has 0 amide bonds. The Bertz CT molecular complexity index is 3380. The Kier molecular flexibility index (Phi) is 8.76. The fourth-order valence-corrected chi connectivity index (χ4v) is 10.1. The van der Waals surface area contributed by atoms with Crippen LogP contribution in [0.1, 0.15) is 22.3 Å². The number of benzene rings is 10. The maximum absolute atomic E-state index is 6.22. The van der Waals surface area contributed by atoms with Gasteiger partial charge in [-0.15, -0.1) is 0 Å². The van der Waals surface area contributed by atoms with Gasteiger partial charge in [0.2, 0.25) is 0 Å². The van der Waals surface area contributed by atoms with Crippen molar-refractivity contribution in [3.8, 4) is 44.5 Å². The van der Waals surface area contributed by atoms with Crippen LogP contribution in [0.25, 0.3) is 66.4 Å². The van der Waals surface area contributed by atoms with E-state index < -0.39 is 5.41 Å². The quantitative estimate of drug-likeness (QED) is 0.152. The van der Waals surface area contributed by atoms with Gasteiger partial charge in [-0.1, -0.05) is 194 Å². The summed E-state index contributed by atoms with van der Waals surface area (Å²) in [5, 5.41) is 2.28. The van der Waals surface area contributed by atoms with E-state index in [2.05, 4.69) is 241 Å². The largest absolute Gasteiger partial charge is 0.456 e. The molecule has 0 unspecified atom stereocenters. The van der Waals surface area contributed by atoms with E-state index in [1.807, 2.05) is 12.1 Å². The van der Waals surface area contributed by atoms with Crippen LogP contribution in [-0.2, 0) is 5.41 Å². The fourth-order valence-electron chi connectivity index (χ4n) is 10.1. The normalized spacial score (nSPS) is 12.6. The van der Waals surface area contributed by atoms with Crippen LogP contribution in [-0.4, -0.2) is 0 Å². The van der Waals surface area contributed by atoms with E-state index in [1.54, 1.807) is 0 Å². The Morgan fingerprint density at radius 3 is 1.54 bits per heavy atom. The van der Waals surface area contributed by atoms with Crippen molar-refractivity contribution in [2.24, 2.45) is 0 Å². The summed E-state index contributed by atoms with van der Waals surface area (Å²) in [5.41, 5.74) is 19.5. The molecule has 0 bridgehead atoms. The van der Waals surface area contributed by atoms with Gasteiger partial charge >= 0.3 is 0 Å². The van der Waals surface area contributed by atoms with E-state index >= 15 is 0 Å². The Labute approximate surface area is 367 Å². The number of hydrogen-bond donors (Lipinski definition) is 0. The van der Waals surface area contributed by atoms with Crippen molar-refractivity contribution in [3.05, 3.63) is 271 Å². The first kappa shape index (κ1) is 36.6. The van der Waals surface area contributed by atoms with Gasteiger partial charge in [0.1, 0.15) is 11.2 Å². The monoisotopic (exact) mass is 803 g/mol. The molecule has 12 rings (SSSR count). The van der Waals surface area contributed by atoms with Crippen LogP contribution in [0.15, 0.2) is 253 Å². The summed E-state index contributed by atoms with van der Waals surface area (Å²) in [6.07, 6.45) is 0. The van der Waals surface area contributed by atoms with Gasteiger partial charge in [-0.05, 0) is 121 Å². The second-order valence-corrected chi connectivity index (χ2v) is 16.4. The van der Waals surface area contributed by atoms with Gasteiger partial charge in [0.05, 0.1) is 5.41 Å². The molecule has 2 heteroatoms. The lowest BCUT2D eigenvalue weighted by Gasteiger charge is -2.33. The number of furan rings is 1. The van der Waals surface area contributed by atoms with Gasteiger partial charge < -0.3 is 9.32 Å². The van der Waals surface area contributed by atoms with Gasteiger partial charge in [0.15, 0.2) is 0 Å². The Morgan fingerprint density at radius 1 is 0.302 bits per heavy atom. The third-order valence-electron chi connectivity index (χ3n) is 13.0.